The Morgan fingerprint density at radius 2 is 1.33 bits per heavy atom. The highest BCUT2D eigenvalue weighted by Crippen LogP contribution is 1.94. The monoisotopic (exact) mass is 429 g/mol. The van der Waals surface area contributed by atoms with E-state index >= 15 is 0 Å². The fourth-order valence-electron chi connectivity index (χ4n) is 2.12. The van der Waals surface area contributed by atoms with E-state index in [4.69, 9.17) is 18.9 Å². The highest BCUT2D eigenvalue weighted by molar-refractivity contribution is 5.76. The van der Waals surface area contributed by atoms with Crippen LogP contribution in [-0.2, 0) is 28.5 Å². The number of rotatable bonds is 20. The molecule has 174 valence electrons. The lowest BCUT2D eigenvalue weighted by Gasteiger charge is -2.13. The molecular formula is C21H39N3O6. The van der Waals surface area contributed by atoms with Gasteiger partial charge in [0.05, 0.1) is 26.4 Å². The minimum Gasteiger partial charge on any atom is -0.354 e. The predicted molar refractivity (Wildman–Crippen MR) is 116 cm³/mol. The van der Waals surface area contributed by atoms with Gasteiger partial charge in [-0.3, -0.25) is 9.59 Å². The average Bonchev–Trinajstić information content (AvgIpc) is 2.72. The van der Waals surface area contributed by atoms with E-state index in [1.165, 1.54) is 0 Å². The van der Waals surface area contributed by atoms with E-state index in [0.717, 1.165) is 0 Å². The molecule has 0 saturated heterocycles. The van der Waals surface area contributed by atoms with Crippen molar-refractivity contribution >= 4 is 11.8 Å². The number of carbonyl (C=O) groups is 2. The molecule has 0 aromatic heterocycles. The Kier molecular flexibility index (Phi) is 19.3. The quantitative estimate of drug-likeness (QED) is 0.151. The smallest absolute Gasteiger partial charge is 0.221 e. The lowest BCUT2D eigenvalue weighted by atomic mass is 10.3. The highest BCUT2D eigenvalue weighted by Gasteiger charge is 2.05. The third-order valence-electron chi connectivity index (χ3n) is 3.72. The zero-order valence-corrected chi connectivity index (χ0v) is 18.6. The molecule has 0 fully saturated rings. The molecule has 2 amide bonds. The Labute approximate surface area is 180 Å². The van der Waals surface area contributed by atoms with Crippen LogP contribution in [-0.4, -0.2) is 77.0 Å². The summed E-state index contributed by atoms with van der Waals surface area (Å²) in [6.07, 6.45) is 5.49. The van der Waals surface area contributed by atoms with E-state index < -0.39 is 0 Å². The van der Waals surface area contributed by atoms with Crippen LogP contribution in [0.15, 0.2) is 24.8 Å². The third-order valence-corrected chi connectivity index (χ3v) is 3.72. The van der Waals surface area contributed by atoms with Gasteiger partial charge in [-0.25, -0.2) is 0 Å². The van der Waals surface area contributed by atoms with Gasteiger partial charge in [-0.2, -0.15) is 0 Å². The minimum absolute atomic E-state index is 0.0667. The van der Waals surface area contributed by atoms with E-state index in [2.05, 4.69) is 22.5 Å². The molecule has 3 N–H and O–H groups in total. The summed E-state index contributed by atoms with van der Waals surface area (Å²) >= 11 is 0. The molecule has 0 bridgehead atoms. The van der Waals surface area contributed by atoms with Crippen LogP contribution in [0.2, 0.25) is 0 Å². The van der Waals surface area contributed by atoms with Crippen molar-refractivity contribution in [3.63, 3.8) is 0 Å². The summed E-state index contributed by atoms with van der Waals surface area (Å²) < 4.78 is 21.4. The second kappa shape index (κ2) is 20.5. The molecule has 0 aromatic carbocycles. The number of hydrogen-bond acceptors (Lipinski definition) is 7. The highest BCUT2D eigenvalue weighted by atomic mass is 16.7. The Morgan fingerprint density at radius 3 is 1.80 bits per heavy atom. The molecule has 30 heavy (non-hydrogen) atoms. The summed E-state index contributed by atoms with van der Waals surface area (Å²) in [7, 11) is 0. The summed E-state index contributed by atoms with van der Waals surface area (Å²) in [5, 5.41) is 8.62. The van der Waals surface area contributed by atoms with Gasteiger partial charge in [0.1, 0.15) is 0 Å². The second-order valence-corrected chi connectivity index (χ2v) is 6.35. The normalized spacial score (nSPS) is 13.2. The van der Waals surface area contributed by atoms with Crippen molar-refractivity contribution < 1.29 is 28.5 Å². The van der Waals surface area contributed by atoms with Gasteiger partial charge in [-0.15, -0.1) is 6.58 Å². The molecule has 9 nitrogen and oxygen atoms in total. The first-order valence-corrected chi connectivity index (χ1v) is 10.4. The van der Waals surface area contributed by atoms with Crippen LogP contribution in [0.1, 0.15) is 33.6 Å². The number of ether oxygens (including phenoxy) is 4. The maximum atomic E-state index is 11.7. The number of nitrogens with one attached hydrogen (secondary N) is 3. The van der Waals surface area contributed by atoms with Crippen molar-refractivity contribution in [1.82, 2.24) is 16.0 Å². The van der Waals surface area contributed by atoms with Crippen LogP contribution < -0.4 is 16.0 Å². The van der Waals surface area contributed by atoms with Gasteiger partial charge in [0.15, 0.2) is 12.6 Å². The Hall–Kier alpha value is -1.78. The lowest BCUT2D eigenvalue weighted by Crippen LogP contribution is -2.33. The van der Waals surface area contributed by atoms with Crippen LogP contribution in [0, 0.1) is 0 Å². The number of amides is 2. The lowest BCUT2D eigenvalue weighted by molar-refractivity contribution is -0.128. The van der Waals surface area contributed by atoms with E-state index in [1.54, 1.807) is 13.0 Å². The standard InChI is InChI=1S/C21H39N3O6/c1-5-7-15-28-19(4)30-17-13-24-21(26)9-11-22-10-8-20(25)23-12-16-29-18(3)27-14-6-2/h5-7,18-19,22H,2,8-17H2,1,3-4H3,(H,23,25)(H,24,26)/b7-5-. The van der Waals surface area contributed by atoms with Crippen LogP contribution in [0.5, 0.6) is 0 Å². The SMILES string of the molecule is C=CCOC(C)OCCNC(=O)CCNCCC(=O)NCCOC(C)OC/C=C\C. The number of hydrogen-bond donors (Lipinski definition) is 3. The van der Waals surface area contributed by atoms with Gasteiger partial charge in [0.25, 0.3) is 0 Å². The van der Waals surface area contributed by atoms with Gasteiger partial charge in [-0.05, 0) is 20.8 Å². The Balaban J connectivity index is 3.48. The maximum absolute atomic E-state index is 11.7. The molecular weight excluding hydrogens is 390 g/mol. The summed E-state index contributed by atoms with van der Waals surface area (Å²) in [5.74, 6) is -0.138. The zero-order valence-electron chi connectivity index (χ0n) is 18.6. The molecule has 0 rings (SSSR count). The first-order chi connectivity index (χ1) is 14.5. The van der Waals surface area contributed by atoms with Crippen molar-refractivity contribution in [2.45, 2.75) is 46.2 Å². The molecule has 9 heteroatoms. The summed E-state index contributed by atoms with van der Waals surface area (Å²) in [6, 6.07) is 0. The molecule has 0 spiro atoms. The van der Waals surface area contributed by atoms with Crippen LogP contribution in [0.4, 0.5) is 0 Å². The Bertz CT molecular complexity index is 487. The summed E-state index contributed by atoms with van der Waals surface area (Å²) in [5.41, 5.74) is 0. The maximum Gasteiger partial charge on any atom is 0.221 e. The molecule has 0 aliphatic rings. The molecule has 2 atom stereocenters. The minimum atomic E-state index is -0.334. The van der Waals surface area contributed by atoms with Gasteiger partial charge in [0, 0.05) is 39.0 Å². The Morgan fingerprint density at radius 1 is 0.833 bits per heavy atom. The van der Waals surface area contributed by atoms with Gasteiger partial charge >= 0.3 is 0 Å². The van der Waals surface area contributed by atoms with E-state index in [1.807, 2.05) is 26.0 Å². The van der Waals surface area contributed by atoms with Gasteiger partial charge < -0.3 is 34.9 Å². The van der Waals surface area contributed by atoms with Crippen molar-refractivity contribution in [2.24, 2.45) is 0 Å². The van der Waals surface area contributed by atoms with E-state index in [-0.39, 0.29) is 24.4 Å². The van der Waals surface area contributed by atoms with Crippen molar-refractivity contribution in [3.05, 3.63) is 24.8 Å². The molecule has 0 saturated carbocycles. The average molecular weight is 430 g/mol. The third kappa shape index (κ3) is 19.5. The number of carbonyl (C=O) groups excluding carboxylic acids is 2. The van der Waals surface area contributed by atoms with Gasteiger partial charge in [-0.1, -0.05) is 18.2 Å². The molecule has 0 heterocycles. The van der Waals surface area contributed by atoms with E-state index in [0.29, 0.717) is 65.4 Å². The molecule has 0 aliphatic carbocycles. The van der Waals surface area contributed by atoms with Crippen molar-refractivity contribution in [1.29, 1.82) is 0 Å². The first-order valence-electron chi connectivity index (χ1n) is 10.4. The first kappa shape index (κ1) is 28.2. The predicted octanol–water partition coefficient (Wildman–Crippen LogP) is 1.11. The fourth-order valence-corrected chi connectivity index (χ4v) is 2.12. The van der Waals surface area contributed by atoms with Crippen LogP contribution in [0.25, 0.3) is 0 Å². The zero-order chi connectivity index (χ0) is 22.5. The molecule has 0 radical (unpaired) electrons. The topological polar surface area (TPSA) is 107 Å². The summed E-state index contributed by atoms with van der Waals surface area (Å²) in [4.78, 5) is 23.4. The van der Waals surface area contributed by atoms with Crippen LogP contribution in [0.3, 0.4) is 0 Å². The fraction of sp³-hybridized carbons (Fsp3) is 0.714. The summed E-state index contributed by atoms with van der Waals surface area (Å²) in [6.45, 7) is 12.6. The van der Waals surface area contributed by atoms with Crippen molar-refractivity contribution in [3.8, 4) is 0 Å². The van der Waals surface area contributed by atoms with Crippen molar-refractivity contribution in [2.75, 3.05) is 52.6 Å². The van der Waals surface area contributed by atoms with Gasteiger partial charge in [0.2, 0.25) is 11.8 Å². The second-order valence-electron chi connectivity index (χ2n) is 6.35. The molecule has 2 unspecified atom stereocenters. The van der Waals surface area contributed by atoms with Crippen LogP contribution >= 0.6 is 0 Å². The largest absolute Gasteiger partial charge is 0.354 e. The molecule has 0 aromatic rings. The number of allylic oxidation sites excluding steroid dienone is 1. The molecule has 0 aliphatic heterocycles. The van der Waals surface area contributed by atoms with E-state index in [9.17, 15) is 9.59 Å².